The molecule has 0 saturated heterocycles. The van der Waals surface area contributed by atoms with E-state index in [4.69, 9.17) is 0 Å². The minimum absolute atomic E-state index is 0.0298. The van der Waals surface area contributed by atoms with E-state index in [1.54, 1.807) is 6.92 Å². The summed E-state index contributed by atoms with van der Waals surface area (Å²) >= 11 is 0. The molecular weight excluding hydrogens is 413 g/mol. The van der Waals surface area contributed by atoms with E-state index < -0.39 is 35.8 Å². The number of hydrogen-bond acceptors (Lipinski definition) is 3. The Bertz CT molecular complexity index is 974. The number of rotatable bonds is 3. The molecule has 0 fully saturated rings. The number of fused-ring (bicyclic) bond motifs is 1. The summed E-state index contributed by atoms with van der Waals surface area (Å²) in [6, 6.07) is -0.209. The molecule has 1 aromatic heterocycles. The molecule has 2 aromatic rings. The number of alkyl halides is 3. The van der Waals surface area contributed by atoms with Crippen molar-refractivity contribution in [2.45, 2.75) is 45.2 Å². The smallest absolute Gasteiger partial charge is 0.340 e. The number of nitrogens with zero attached hydrogens (tertiary/aromatic N) is 3. The van der Waals surface area contributed by atoms with Gasteiger partial charge in [-0.3, -0.25) is 9.48 Å². The lowest BCUT2D eigenvalue weighted by molar-refractivity contribution is -0.149. The Balaban J connectivity index is 1.77. The van der Waals surface area contributed by atoms with Crippen LogP contribution in [0.2, 0.25) is 0 Å². The number of carbonyl (C=O) groups excluding carboxylic acids is 2. The Morgan fingerprint density at radius 2 is 1.93 bits per heavy atom. The van der Waals surface area contributed by atoms with Gasteiger partial charge in [0.15, 0.2) is 11.6 Å². The highest BCUT2D eigenvalue weighted by molar-refractivity contribution is 5.96. The highest BCUT2D eigenvalue weighted by atomic mass is 19.4. The van der Waals surface area contributed by atoms with Gasteiger partial charge in [0, 0.05) is 11.8 Å². The van der Waals surface area contributed by atoms with Gasteiger partial charge >= 0.3 is 12.2 Å². The standard InChI is InChI=1S/C18H18F5N5O2/c1-9-7-28-15(12(6-24-28)16(29)25-10(2)18(21,22)23)8-27(9)17(30)26-11-3-4-13(19)14(20)5-11/h3-6,9-10H,7-8H2,1-2H3,(H,25,29)(H,26,30)/t9-,10?/m0/s1. The van der Waals surface area contributed by atoms with Gasteiger partial charge in [0.1, 0.15) is 6.04 Å². The van der Waals surface area contributed by atoms with Crippen molar-refractivity contribution in [1.82, 2.24) is 20.0 Å². The molecule has 2 heterocycles. The fourth-order valence-electron chi connectivity index (χ4n) is 2.99. The van der Waals surface area contributed by atoms with Crippen molar-refractivity contribution in [2.24, 2.45) is 0 Å². The van der Waals surface area contributed by atoms with Crippen LogP contribution < -0.4 is 10.6 Å². The fourth-order valence-corrected chi connectivity index (χ4v) is 2.99. The van der Waals surface area contributed by atoms with E-state index in [9.17, 15) is 31.5 Å². The molecule has 162 valence electrons. The Morgan fingerprint density at radius 3 is 2.57 bits per heavy atom. The van der Waals surface area contributed by atoms with E-state index in [2.05, 4.69) is 10.4 Å². The minimum atomic E-state index is -4.60. The van der Waals surface area contributed by atoms with Gasteiger partial charge < -0.3 is 15.5 Å². The Kier molecular flexibility index (Phi) is 5.68. The number of urea groups is 1. The summed E-state index contributed by atoms with van der Waals surface area (Å²) < 4.78 is 66.0. The first-order chi connectivity index (χ1) is 14.0. The largest absolute Gasteiger partial charge is 0.408 e. The molecule has 2 N–H and O–H groups in total. The van der Waals surface area contributed by atoms with Crippen LogP contribution in [0.4, 0.5) is 32.4 Å². The average molecular weight is 431 g/mol. The lowest BCUT2D eigenvalue weighted by Crippen LogP contribution is -2.48. The van der Waals surface area contributed by atoms with Gasteiger partial charge in [0.2, 0.25) is 0 Å². The number of halogens is 5. The van der Waals surface area contributed by atoms with E-state index in [0.29, 0.717) is 0 Å². The molecule has 1 unspecified atom stereocenters. The summed E-state index contributed by atoms with van der Waals surface area (Å²) in [6.07, 6.45) is -3.45. The molecule has 0 aliphatic carbocycles. The summed E-state index contributed by atoms with van der Waals surface area (Å²) in [5.41, 5.74) is 0.214. The van der Waals surface area contributed by atoms with Crippen LogP contribution in [0.25, 0.3) is 0 Å². The summed E-state index contributed by atoms with van der Waals surface area (Å²) in [5.74, 6) is -3.15. The zero-order valence-electron chi connectivity index (χ0n) is 15.9. The lowest BCUT2D eigenvalue weighted by atomic mass is 10.1. The van der Waals surface area contributed by atoms with Gasteiger partial charge in [-0.15, -0.1) is 0 Å². The highest BCUT2D eigenvalue weighted by Crippen LogP contribution is 2.24. The first kappa shape index (κ1) is 21.5. The lowest BCUT2D eigenvalue weighted by Gasteiger charge is -2.34. The quantitative estimate of drug-likeness (QED) is 0.733. The first-order valence-electron chi connectivity index (χ1n) is 8.92. The molecule has 3 amide bonds. The third kappa shape index (κ3) is 4.36. The second-order valence-electron chi connectivity index (χ2n) is 6.96. The van der Waals surface area contributed by atoms with Crippen LogP contribution in [0.5, 0.6) is 0 Å². The molecule has 0 radical (unpaired) electrons. The highest BCUT2D eigenvalue weighted by Gasteiger charge is 2.38. The number of aromatic nitrogens is 2. The van der Waals surface area contributed by atoms with Crippen LogP contribution in [0, 0.1) is 11.6 Å². The van der Waals surface area contributed by atoms with E-state index in [0.717, 1.165) is 25.3 Å². The van der Waals surface area contributed by atoms with Gasteiger partial charge in [-0.25, -0.2) is 13.6 Å². The van der Waals surface area contributed by atoms with E-state index in [1.165, 1.54) is 15.6 Å². The van der Waals surface area contributed by atoms with Gasteiger partial charge in [-0.1, -0.05) is 0 Å². The van der Waals surface area contributed by atoms with Crippen molar-refractivity contribution < 1.29 is 31.5 Å². The molecule has 7 nitrogen and oxygen atoms in total. The number of nitrogens with one attached hydrogen (secondary N) is 2. The molecule has 1 aliphatic rings. The first-order valence-corrected chi connectivity index (χ1v) is 8.92. The Morgan fingerprint density at radius 1 is 1.23 bits per heavy atom. The van der Waals surface area contributed by atoms with Crippen LogP contribution in [0.15, 0.2) is 24.4 Å². The molecule has 12 heteroatoms. The molecule has 1 aliphatic heterocycles. The fraction of sp³-hybridized carbons (Fsp3) is 0.389. The third-order valence-corrected chi connectivity index (χ3v) is 4.75. The van der Waals surface area contributed by atoms with Crippen LogP contribution in [-0.4, -0.2) is 44.9 Å². The van der Waals surface area contributed by atoms with E-state index >= 15 is 0 Å². The average Bonchev–Trinajstić information content (AvgIpc) is 3.05. The van der Waals surface area contributed by atoms with Gasteiger partial charge in [-0.2, -0.15) is 18.3 Å². The molecule has 0 saturated carbocycles. The predicted molar refractivity (Wildman–Crippen MR) is 95.6 cm³/mol. The maximum atomic E-state index is 13.4. The van der Waals surface area contributed by atoms with Crippen molar-refractivity contribution in [3.63, 3.8) is 0 Å². The number of anilines is 1. The van der Waals surface area contributed by atoms with Crippen molar-refractivity contribution in [2.75, 3.05) is 5.32 Å². The zero-order valence-corrected chi connectivity index (χ0v) is 15.9. The SMILES string of the molecule is CC(NC(=O)c1cnn2c1CN(C(=O)Nc1ccc(F)c(F)c1)[C@@H](C)C2)C(F)(F)F. The Hall–Kier alpha value is -3.18. The number of carbonyl (C=O) groups is 2. The van der Waals surface area contributed by atoms with Crippen molar-refractivity contribution in [1.29, 1.82) is 0 Å². The normalized spacial score (nSPS) is 17.3. The Labute approximate surface area is 167 Å². The molecule has 1 aromatic carbocycles. The number of amides is 3. The van der Waals surface area contributed by atoms with Gasteiger partial charge in [0.05, 0.1) is 36.6 Å². The maximum Gasteiger partial charge on any atom is 0.408 e. The zero-order chi connectivity index (χ0) is 22.2. The van der Waals surface area contributed by atoms with Crippen molar-refractivity contribution in [3.05, 3.63) is 47.3 Å². The van der Waals surface area contributed by atoms with Crippen LogP contribution >= 0.6 is 0 Å². The predicted octanol–water partition coefficient (Wildman–Crippen LogP) is 3.28. The molecule has 30 heavy (non-hydrogen) atoms. The maximum absolute atomic E-state index is 13.4. The van der Waals surface area contributed by atoms with Gasteiger partial charge in [0.25, 0.3) is 5.91 Å². The summed E-state index contributed by atoms with van der Waals surface area (Å²) in [4.78, 5) is 26.2. The number of benzene rings is 1. The summed E-state index contributed by atoms with van der Waals surface area (Å²) in [5, 5.41) is 8.32. The van der Waals surface area contributed by atoms with Crippen LogP contribution in [0.1, 0.15) is 29.9 Å². The van der Waals surface area contributed by atoms with Crippen LogP contribution in [0.3, 0.4) is 0 Å². The minimum Gasteiger partial charge on any atom is -0.340 e. The van der Waals surface area contributed by atoms with E-state index in [-0.39, 0.29) is 36.1 Å². The second-order valence-corrected chi connectivity index (χ2v) is 6.96. The molecular formula is C18H18F5N5O2. The van der Waals surface area contributed by atoms with Crippen LogP contribution in [-0.2, 0) is 13.1 Å². The topological polar surface area (TPSA) is 79.3 Å². The summed E-state index contributed by atoms with van der Waals surface area (Å²) in [7, 11) is 0. The summed E-state index contributed by atoms with van der Waals surface area (Å²) in [6.45, 7) is 2.61. The molecule has 2 atom stereocenters. The second kappa shape index (κ2) is 7.92. The van der Waals surface area contributed by atoms with Crippen molar-refractivity contribution in [3.8, 4) is 0 Å². The van der Waals surface area contributed by atoms with Gasteiger partial charge in [-0.05, 0) is 26.0 Å². The van der Waals surface area contributed by atoms with E-state index in [1.807, 2.05) is 5.32 Å². The third-order valence-electron chi connectivity index (χ3n) is 4.75. The van der Waals surface area contributed by atoms with Crippen molar-refractivity contribution >= 4 is 17.6 Å². The molecule has 3 rings (SSSR count). The molecule has 0 bridgehead atoms. The monoisotopic (exact) mass is 431 g/mol. The number of hydrogen-bond donors (Lipinski definition) is 2. The molecule has 0 spiro atoms.